The summed E-state index contributed by atoms with van der Waals surface area (Å²) in [6.45, 7) is -0.512. The van der Waals surface area contributed by atoms with Crippen LogP contribution in [0.25, 0.3) is 0 Å². The molecule has 1 aromatic rings. The normalized spacial score (nSPS) is 17.4. The number of aromatic nitrogens is 1. The minimum absolute atomic E-state index is 0.0407. The molecule has 0 radical (unpaired) electrons. The van der Waals surface area contributed by atoms with Gasteiger partial charge >= 0.3 is 12.3 Å². The van der Waals surface area contributed by atoms with Gasteiger partial charge in [-0.15, -0.1) is 0 Å². The van der Waals surface area contributed by atoms with E-state index >= 15 is 0 Å². The van der Waals surface area contributed by atoms with Crippen molar-refractivity contribution >= 4 is 46.6 Å². The highest BCUT2D eigenvalue weighted by Crippen LogP contribution is 2.50. The van der Waals surface area contributed by atoms with Crippen molar-refractivity contribution in [3.8, 4) is 0 Å². The van der Waals surface area contributed by atoms with Gasteiger partial charge in [0.25, 0.3) is 0 Å². The van der Waals surface area contributed by atoms with Crippen LogP contribution in [-0.2, 0) is 23.8 Å². The number of carbonyl (C=O) groups is 1. The van der Waals surface area contributed by atoms with Gasteiger partial charge in [-0.05, 0) is 43.6 Å². The van der Waals surface area contributed by atoms with Crippen LogP contribution in [0.3, 0.4) is 0 Å². The lowest BCUT2D eigenvalue weighted by Crippen LogP contribution is -2.24. The summed E-state index contributed by atoms with van der Waals surface area (Å²) in [5, 5.41) is 2.44. The number of aryl methyl sites for hydroxylation is 1. The number of rotatable bonds is 3. The zero-order valence-corrected chi connectivity index (χ0v) is 15.1. The van der Waals surface area contributed by atoms with Crippen LogP contribution < -0.4 is 5.32 Å². The SMILES string of the molecule is O=C(Nc1c2c(nc(C(F)(F)F)c1C1CC1)CCC2)OCC(Cl)(Cl)Cl. The van der Waals surface area contributed by atoms with Gasteiger partial charge in [-0.1, -0.05) is 34.8 Å². The predicted molar refractivity (Wildman–Crippen MR) is 88.5 cm³/mol. The van der Waals surface area contributed by atoms with E-state index in [2.05, 4.69) is 10.3 Å². The topological polar surface area (TPSA) is 51.2 Å². The summed E-state index contributed by atoms with van der Waals surface area (Å²) in [6, 6.07) is 0. The molecule has 1 N–H and O–H groups in total. The molecule has 1 saturated carbocycles. The molecule has 1 fully saturated rings. The second-order valence-electron chi connectivity index (χ2n) is 6.12. The molecule has 2 aliphatic carbocycles. The Kier molecular flexibility index (Phi) is 5.03. The molecule has 0 spiro atoms. The molecule has 4 nitrogen and oxygen atoms in total. The van der Waals surface area contributed by atoms with Crippen LogP contribution in [0.15, 0.2) is 0 Å². The van der Waals surface area contributed by atoms with E-state index in [0.29, 0.717) is 43.4 Å². The van der Waals surface area contributed by atoms with Crippen molar-refractivity contribution in [2.24, 2.45) is 0 Å². The van der Waals surface area contributed by atoms with Crippen LogP contribution >= 0.6 is 34.8 Å². The summed E-state index contributed by atoms with van der Waals surface area (Å²) in [5.74, 6) is -0.265. The number of anilines is 1. The largest absolute Gasteiger partial charge is 0.445 e. The van der Waals surface area contributed by atoms with Gasteiger partial charge in [0.05, 0.1) is 5.69 Å². The van der Waals surface area contributed by atoms with Gasteiger partial charge in [0.2, 0.25) is 3.79 Å². The first-order chi connectivity index (χ1) is 11.6. The Bertz CT molecular complexity index is 701. The zero-order valence-electron chi connectivity index (χ0n) is 12.9. The molecule has 0 unspecified atom stereocenters. The lowest BCUT2D eigenvalue weighted by atomic mass is 10.00. The van der Waals surface area contributed by atoms with Gasteiger partial charge in [0, 0.05) is 11.3 Å². The number of halogens is 6. The number of ether oxygens (including phenoxy) is 1. The van der Waals surface area contributed by atoms with E-state index in [9.17, 15) is 18.0 Å². The molecule has 10 heteroatoms. The second kappa shape index (κ2) is 6.67. The van der Waals surface area contributed by atoms with Gasteiger partial charge in [-0.3, -0.25) is 5.32 Å². The van der Waals surface area contributed by atoms with Gasteiger partial charge in [-0.25, -0.2) is 9.78 Å². The number of nitrogens with zero attached hydrogens (tertiary/aromatic N) is 1. The number of alkyl halides is 6. The third-order valence-electron chi connectivity index (χ3n) is 4.11. The lowest BCUT2D eigenvalue weighted by Gasteiger charge is -2.20. The summed E-state index contributed by atoms with van der Waals surface area (Å²) in [7, 11) is 0. The quantitative estimate of drug-likeness (QED) is 0.671. The third kappa shape index (κ3) is 4.44. The summed E-state index contributed by atoms with van der Waals surface area (Å²) in [4.78, 5) is 15.9. The van der Waals surface area contributed by atoms with E-state index < -0.39 is 28.4 Å². The number of amides is 1. The molecule has 3 rings (SSSR count). The Hall–Kier alpha value is -0.920. The third-order valence-corrected chi connectivity index (χ3v) is 4.44. The van der Waals surface area contributed by atoms with Crippen molar-refractivity contribution in [3.63, 3.8) is 0 Å². The van der Waals surface area contributed by atoms with Crippen LogP contribution in [0.4, 0.5) is 23.7 Å². The molecule has 0 bridgehead atoms. The van der Waals surface area contributed by atoms with Crippen LogP contribution in [0.2, 0.25) is 0 Å². The van der Waals surface area contributed by atoms with Crippen molar-refractivity contribution in [3.05, 3.63) is 22.5 Å². The van der Waals surface area contributed by atoms with Crippen LogP contribution in [0, 0.1) is 0 Å². The lowest BCUT2D eigenvalue weighted by molar-refractivity contribution is -0.141. The highest BCUT2D eigenvalue weighted by atomic mass is 35.6. The number of fused-ring (bicyclic) bond motifs is 1. The monoisotopic (exact) mass is 416 g/mol. The number of hydrogen-bond acceptors (Lipinski definition) is 3. The fraction of sp³-hybridized carbons (Fsp3) is 0.600. The van der Waals surface area contributed by atoms with Gasteiger partial charge in [-0.2, -0.15) is 13.2 Å². The van der Waals surface area contributed by atoms with E-state index in [4.69, 9.17) is 39.5 Å². The number of pyridine rings is 1. The maximum absolute atomic E-state index is 13.5. The van der Waals surface area contributed by atoms with Crippen LogP contribution in [-0.4, -0.2) is 21.5 Å². The smallest absolute Gasteiger partial charge is 0.433 e. The molecular formula is C15H14Cl3F3N2O2. The molecule has 25 heavy (non-hydrogen) atoms. The maximum Gasteiger partial charge on any atom is 0.433 e. The molecule has 1 aromatic heterocycles. The van der Waals surface area contributed by atoms with Crippen molar-refractivity contribution in [2.45, 2.75) is 48.0 Å². The van der Waals surface area contributed by atoms with Gasteiger partial charge in [0.15, 0.2) is 0 Å². The number of carbonyl (C=O) groups excluding carboxylic acids is 1. The molecule has 0 saturated heterocycles. The summed E-state index contributed by atoms with van der Waals surface area (Å²) in [6.07, 6.45) is -2.61. The highest BCUT2D eigenvalue weighted by molar-refractivity contribution is 6.67. The Morgan fingerprint density at radius 2 is 1.92 bits per heavy atom. The molecule has 2 aliphatic rings. The zero-order chi connectivity index (χ0) is 18.4. The number of hydrogen-bond donors (Lipinski definition) is 1. The standard InChI is InChI=1S/C15H14Cl3F3N2O2/c16-14(17,18)6-25-13(24)23-11-8-2-1-3-9(8)22-12(15(19,20)21)10(11)7-4-5-7/h7H,1-6H2,(H,22,23,24). The van der Waals surface area contributed by atoms with Crippen LogP contribution in [0.5, 0.6) is 0 Å². The Morgan fingerprint density at radius 3 is 2.48 bits per heavy atom. The molecule has 138 valence electrons. The molecule has 0 atom stereocenters. The summed E-state index contributed by atoms with van der Waals surface area (Å²) in [5.41, 5.74) is 0.284. The van der Waals surface area contributed by atoms with Crippen molar-refractivity contribution in [1.29, 1.82) is 0 Å². The first kappa shape index (κ1) is 18.9. The van der Waals surface area contributed by atoms with Crippen molar-refractivity contribution in [1.82, 2.24) is 4.98 Å². The average molecular weight is 418 g/mol. The average Bonchev–Trinajstić information content (AvgIpc) is 3.20. The number of nitrogens with one attached hydrogen (secondary N) is 1. The second-order valence-corrected chi connectivity index (χ2v) is 8.63. The van der Waals surface area contributed by atoms with E-state index in [0.717, 1.165) is 0 Å². The maximum atomic E-state index is 13.5. The summed E-state index contributed by atoms with van der Waals surface area (Å²) >= 11 is 16.6. The molecule has 0 aliphatic heterocycles. The minimum Gasteiger partial charge on any atom is -0.445 e. The molecule has 0 aromatic carbocycles. The van der Waals surface area contributed by atoms with Gasteiger partial charge in [0.1, 0.15) is 12.3 Å². The van der Waals surface area contributed by atoms with E-state index in [1.165, 1.54) is 0 Å². The molecular weight excluding hydrogens is 404 g/mol. The summed E-state index contributed by atoms with van der Waals surface area (Å²) < 4.78 is 43.4. The van der Waals surface area contributed by atoms with Crippen molar-refractivity contribution in [2.75, 3.05) is 11.9 Å². The minimum atomic E-state index is -4.59. The first-order valence-electron chi connectivity index (χ1n) is 7.69. The molecule has 1 heterocycles. The predicted octanol–water partition coefficient (Wildman–Crippen LogP) is 5.39. The first-order valence-corrected chi connectivity index (χ1v) is 8.83. The van der Waals surface area contributed by atoms with Crippen LogP contribution in [0.1, 0.15) is 47.7 Å². The molecule has 1 amide bonds. The van der Waals surface area contributed by atoms with E-state index in [-0.39, 0.29) is 17.2 Å². The van der Waals surface area contributed by atoms with Crippen molar-refractivity contribution < 1.29 is 22.7 Å². The highest BCUT2D eigenvalue weighted by Gasteiger charge is 2.43. The fourth-order valence-corrected chi connectivity index (χ4v) is 3.17. The Labute approximate surface area is 157 Å². The van der Waals surface area contributed by atoms with E-state index in [1.807, 2.05) is 0 Å². The Balaban J connectivity index is 1.97. The fourth-order valence-electron chi connectivity index (χ4n) is 3.01. The van der Waals surface area contributed by atoms with E-state index in [1.54, 1.807) is 0 Å². The van der Waals surface area contributed by atoms with Gasteiger partial charge < -0.3 is 4.74 Å². The Morgan fingerprint density at radius 1 is 1.24 bits per heavy atom.